The van der Waals surface area contributed by atoms with Crippen molar-refractivity contribution >= 4 is 16.6 Å². The molecule has 1 aliphatic heterocycles. The van der Waals surface area contributed by atoms with Gasteiger partial charge in [-0.3, -0.25) is 0 Å². The molecule has 2 heterocycles. The van der Waals surface area contributed by atoms with Gasteiger partial charge in [-0.2, -0.15) is 0 Å². The number of H-pyrrole nitrogens is 1. The lowest BCUT2D eigenvalue weighted by molar-refractivity contribution is 0.0905. The number of fused-ring (bicyclic) bond motifs is 1. The predicted molar refractivity (Wildman–Crippen MR) is 95.9 cm³/mol. The third-order valence-corrected chi connectivity index (χ3v) is 4.54. The number of benzene rings is 2. The topological polar surface area (TPSA) is 37.0 Å². The zero-order chi connectivity index (χ0) is 15.6. The van der Waals surface area contributed by atoms with Crippen LogP contribution in [0.1, 0.15) is 18.4 Å². The Labute approximate surface area is 136 Å². The summed E-state index contributed by atoms with van der Waals surface area (Å²) < 4.78 is 5.46. The Kier molecular flexibility index (Phi) is 3.80. The fourth-order valence-corrected chi connectivity index (χ4v) is 3.34. The molecule has 0 amide bonds. The maximum atomic E-state index is 5.46. The first kappa shape index (κ1) is 14.3. The first-order chi connectivity index (χ1) is 11.3. The van der Waals surface area contributed by atoms with Gasteiger partial charge in [-0.15, -0.1) is 0 Å². The first-order valence-corrected chi connectivity index (χ1v) is 8.33. The van der Waals surface area contributed by atoms with Crippen molar-refractivity contribution in [3.8, 4) is 11.3 Å². The molecule has 1 saturated heterocycles. The van der Waals surface area contributed by atoms with E-state index in [4.69, 9.17) is 4.74 Å². The largest absolute Gasteiger partial charge is 0.381 e. The number of anilines is 1. The van der Waals surface area contributed by atoms with Crippen LogP contribution in [-0.2, 0) is 4.74 Å². The van der Waals surface area contributed by atoms with Gasteiger partial charge in [0.15, 0.2) is 0 Å². The molecule has 0 radical (unpaired) electrons. The molecular weight excluding hydrogens is 284 g/mol. The van der Waals surface area contributed by atoms with Gasteiger partial charge in [0.25, 0.3) is 0 Å². The van der Waals surface area contributed by atoms with E-state index in [2.05, 4.69) is 65.8 Å². The number of nitrogens with one attached hydrogen (secondary N) is 2. The summed E-state index contributed by atoms with van der Waals surface area (Å²) in [6, 6.07) is 17.7. The molecule has 0 bridgehead atoms. The molecule has 4 rings (SSSR count). The van der Waals surface area contributed by atoms with Crippen LogP contribution in [0.3, 0.4) is 0 Å². The molecular formula is C20H22N2O. The van der Waals surface area contributed by atoms with Crippen molar-refractivity contribution < 1.29 is 4.74 Å². The van der Waals surface area contributed by atoms with Crippen molar-refractivity contribution in [2.45, 2.75) is 25.8 Å². The van der Waals surface area contributed by atoms with E-state index >= 15 is 0 Å². The molecule has 1 aliphatic rings. The minimum absolute atomic E-state index is 0.497. The quantitative estimate of drug-likeness (QED) is 0.733. The SMILES string of the molecule is Cc1cc(NC2CCOCC2)c2[nH]c(-c3ccccc3)cc2c1. The molecule has 1 aromatic heterocycles. The molecule has 0 atom stereocenters. The molecule has 2 N–H and O–H groups in total. The minimum atomic E-state index is 0.497. The standard InChI is InChI=1S/C20H22N2O/c1-14-11-16-13-18(15-5-3-2-4-6-15)22-20(16)19(12-14)21-17-7-9-23-10-8-17/h2-6,11-13,17,21-22H,7-10H2,1H3. The highest BCUT2D eigenvalue weighted by Gasteiger charge is 2.16. The van der Waals surface area contributed by atoms with E-state index in [1.807, 2.05) is 0 Å². The summed E-state index contributed by atoms with van der Waals surface area (Å²) >= 11 is 0. The Morgan fingerprint density at radius 2 is 1.83 bits per heavy atom. The Balaban J connectivity index is 1.73. The third kappa shape index (κ3) is 2.97. The molecule has 0 saturated carbocycles. The monoisotopic (exact) mass is 306 g/mol. The van der Waals surface area contributed by atoms with Gasteiger partial charge in [0.1, 0.15) is 0 Å². The maximum absolute atomic E-state index is 5.46. The average Bonchev–Trinajstić information content (AvgIpc) is 3.01. The number of ether oxygens (including phenoxy) is 1. The van der Waals surface area contributed by atoms with Gasteiger partial charge in [0.2, 0.25) is 0 Å². The summed E-state index contributed by atoms with van der Waals surface area (Å²) in [4.78, 5) is 3.60. The highest BCUT2D eigenvalue weighted by Crippen LogP contribution is 2.31. The van der Waals surface area contributed by atoms with Gasteiger partial charge >= 0.3 is 0 Å². The van der Waals surface area contributed by atoms with Crippen LogP contribution in [0.4, 0.5) is 5.69 Å². The van der Waals surface area contributed by atoms with E-state index in [-0.39, 0.29) is 0 Å². The predicted octanol–water partition coefficient (Wildman–Crippen LogP) is 4.73. The lowest BCUT2D eigenvalue weighted by Crippen LogP contribution is -2.27. The molecule has 0 unspecified atom stereocenters. The lowest BCUT2D eigenvalue weighted by Gasteiger charge is -2.24. The van der Waals surface area contributed by atoms with Gasteiger partial charge in [-0.05, 0) is 49.1 Å². The lowest BCUT2D eigenvalue weighted by atomic mass is 10.1. The molecule has 0 spiro atoms. The molecule has 0 aliphatic carbocycles. The van der Waals surface area contributed by atoms with Gasteiger partial charge < -0.3 is 15.0 Å². The highest BCUT2D eigenvalue weighted by atomic mass is 16.5. The molecule has 3 nitrogen and oxygen atoms in total. The van der Waals surface area contributed by atoms with Crippen LogP contribution in [0.25, 0.3) is 22.2 Å². The van der Waals surface area contributed by atoms with E-state index < -0.39 is 0 Å². The highest BCUT2D eigenvalue weighted by molar-refractivity contribution is 5.95. The summed E-state index contributed by atoms with van der Waals surface area (Å²) in [5.74, 6) is 0. The fraction of sp³-hybridized carbons (Fsp3) is 0.300. The van der Waals surface area contributed by atoms with E-state index in [0.717, 1.165) is 26.1 Å². The van der Waals surface area contributed by atoms with Crippen LogP contribution in [0.5, 0.6) is 0 Å². The number of hydrogen-bond acceptors (Lipinski definition) is 2. The second-order valence-electron chi connectivity index (χ2n) is 6.36. The molecule has 3 aromatic rings. The van der Waals surface area contributed by atoms with Crippen LogP contribution in [-0.4, -0.2) is 24.2 Å². The van der Waals surface area contributed by atoms with Crippen LogP contribution in [0, 0.1) is 6.92 Å². The average molecular weight is 306 g/mol. The van der Waals surface area contributed by atoms with E-state index in [1.54, 1.807) is 0 Å². The number of aryl methyl sites for hydroxylation is 1. The molecule has 3 heteroatoms. The molecule has 2 aromatic carbocycles. The van der Waals surface area contributed by atoms with E-state index in [9.17, 15) is 0 Å². The Morgan fingerprint density at radius 3 is 2.61 bits per heavy atom. The number of rotatable bonds is 3. The van der Waals surface area contributed by atoms with Crippen LogP contribution in [0.2, 0.25) is 0 Å². The van der Waals surface area contributed by atoms with Crippen molar-refractivity contribution in [2.75, 3.05) is 18.5 Å². The van der Waals surface area contributed by atoms with Crippen molar-refractivity contribution in [1.82, 2.24) is 4.98 Å². The number of aromatic amines is 1. The van der Waals surface area contributed by atoms with Crippen LogP contribution < -0.4 is 5.32 Å². The van der Waals surface area contributed by atoms with Gasteiger partial charge in [0.05, 0.1) is 11.2 Å². The Morgan fingerprint density at radius 1 is 1.04 bits per heavy atom. The summed E-state index contributed by atoms with van der Waals surface area (Å²) in [6.07, 6.45) is 2.14. The second kappa shape index (κ2) is 6.09. The maximum Gasteiger partial charge on any atom is 0.0694 e. The van der Waals surface area contributed by atoms with Crippen molar-refractivity contribution in [2.24, 2.45) is 0 Å². The second-order valence-corrected chi connectivity index (χ2v) is 6.36. The van der Waals surface area contributed by atoms with Crippen LogP contribution >= 0.6 is 0 Å². The molecule has 23 heavy (non-hydrogen) atoms. The summed E-state index contributed by atoms with van der Waals surface area (Å²) in [5.41, 5.74) is 6.07. The zero-order valence-electron chi connectivity index (χ0n) is 13.4. The van der Waals surface area contributed by atoms with Crippen molar-refractivity contribution in [3.63, 3.8) is 0 Å². The van der Waals surface area contributed by atoms with E-state index in [0.29, 0.717) is 6.04 Å². The Hall–Kier alpha value is -2.26. The normalized spacial score (nSPS) is 15.9. The number of hydrogen-bond donors (Lipinski definition) is 2. The van der Waals surface area contributed by atoms with Crippen molar-refractivity contribution in [1.29, 1.82) is 0 Å². The summed E-state index contributed by atoms with van der Waals surface area (Å²) in [5, 5.41) is 4.98. The van der Waals surface area contributed by atoms with Crippen molar-refractivity contribution in [3.05, 3.63) is 54.1 Å². The zero-order valence-corrected chi connectivity index (χ0v) is 13.4. The summed E-state index contributed by atoms with van der Waals surface area (Å²) in [7, 11) is 0. The van der Waals surface area contributed by atoms with Gasteiger partial charge in [-0.1, -0.05) is 30.3 Å². The third-order valence-electron chi connectivity index (χ3n) is 4.54. The first-order valence-electron chi connectivity index (χ1n) is 8.33. The smallest absolute Gasteiger partial charge is 0.0694 e. The summed E-state index contributed by atoms with van der Waals surface area (Å²) in [6.45, 7) is 3.86. The van der Waals surface area contributed by atoms with Gasteiger partial charge in [-0.25, -0.2) is 0 Å². The van der Waals surface area contributed by atoms with Gasteiger partial charge in [0, 0.05) is 30.3 Å². The fourth-order valence-electron chi connectivity index (χ4n) is 3.34. The van der Waals surface area contributed by atoms with E-state index in [1.165, 1.54) is 33.4 Å². The minimum Gasteiger partial charge on any atom is -0.381 e. The molecule has 118 valence electrons. The molecule has 1 fully saturated rings. The van der Waals surface area contributed by atoms with Crippen LogP contribution in [0.15, 0.2) is 48.5 Å². The Bertz CT molecular complexity index is 801. The number of aromatic nitrogens is 1.